The fourth-order valence-corrected chi connectivity index (χ4v) is 2.83. The second kappa shape index (κ2) is 5.58. The standard InChI is InChI=1S/C11H11FN4O4S/c1-15(7-11-13-4-5-14-11)21(19,20)10-3-2-8(16(17)18)6-9(10)12/h2-6H,7H2,1H3,(H,13,14). The Bertz CT molecular complexity index is 761. The number of aromatic nitrogens is 2. The molecule has 0 aliphatic carbocycles. The number of rotatable bonds is 5. The molecule has 0 aliphatic heterocycles. The summed E-state index contributed by atoms with van der Waals surface area (Å²) >= 11 is 0. The number of benzene rings is 1. The minimum absolute atomic E-state index is 0.0776. The molecule has 0 amide bonds. The quantitative estimate of drug-likeness (QED) is 0.660. The van der Waals surface area contributed by atoms with Crippen LogP contribution in [0.4, 0.5) is 10.1 Å². The van der Waals surface area contributed by atoms with Crippen molar-refractivity contribution in [3.05, 3.63) is 52.3 Å². The normalized spacial score (nSPS) is 11.8. The van der Waals surface area contributed by atoms with Crippen LogP contribution in [-0.2, 0) is 16.6 Å². The highest BCUT2D eigenvalue weighted by Crippen LogP contribution is 2.23. The number of nitrogens with zero attached hydrogens (tertiary/aromatic N) is 3. The smallest absolute Gasteiger partial charge is 0.272 e. The van der Waals surface area contributed by atoms with Gasteiger partial charge < -0.3 is 4.98 Å². The number of H-pyrrole nitrogens is 1. The van der Waals surface area contributed by atoms with Gasteiger partial charge in [0.05, 0.1) is 17.5 Å². The molecule has 2 aromatic rings. The van der Waals surface area contributed by atoms with E-state index in [9.17, 15) is 22.9 Å². The maximum Gasteiger partial charge on any atom is 0.272 e. The zero-order valence-corrected chi connectivity index (χ0v) is 11.7. The predicted molar refractivity (Wildman–Crippen MR) is 70.3 cm³/mol. The summed E-state index contributed by atoms with van der Waals surface area (Å²) in [5, 5.41) is 10.5. The summed E-state index contributed by atoms with van der Waals surface area (Å²) in [4.78, 5) is 15.7. The van der Waals surface area contributed by atoms with E-state index < -0.39 is 31.3 Å². The number of halogens is 1. The van der Waals surface area contributed by atoms with Gasteiger partial charge in [0, 0.05) is 25.5 Å². The molecular formula is C11H11FN4O4S. The lowest BCUT2D eigenvalue weighted by Crippen LogP contribution is -2.27. The van der Waals surface area contributed by atoms with Crippen LogP contribution in [0.25, 0.3) is 0 Å². The van der Waals surface area contributed by atoms with E-state index in [-0.39, 0.29) is 6.54 Å². The van der Waals surface area contributed by atoms with Gasteiger partial charge in [0.25, 0.3) is 5.69 Å². The zero-order chi connectivity index (χ0) is 15.6. The number of nitro benzene ring substituents is 1. The van der Waals surface area contributed by atoms with Crippen molar-refractivity contribution in [3.8, 4) is 0 Å². The Hall–Kier alpha value is -2.33. The Labute approximate surface area is 119 Å². The number of sulfonamides is 1. The van der Waals surface area contributed by atoms with E-state index in [1.165, 1.54) is 19.4 Å². The number of aromatic amines is 1. The molecule has 0 radical (unpaired) electrons. The van der Waals surface area contributed by atoms with Gasteiger partial charge in [-0.25, -0.2) is 17.8 Å². The molecule has 10 heteroatoms. The highest BCUT2D eigenvalue weighted by molar-refractivity contribution is 7.89. The number of nitrogens with one attached hydrogen (secondary N) is 1. The highest BCUT2D eigenvalue weighted by atomic mass is 32.2. The molecule has 0 fully saturated rings. The van der Waals surface area contributed by atoms with E-state index in [4.69, 9.17) is 0 Å². The fraction of sp³-hybridized carbons (Fsp3) is 0.182. The lowest BCUT2D eigenvalue weighted by Gasteiger charge is -2.16. The van der Waals surface area contributed by atoms with Crippen molar-refractivity contribution < 1.29 is 17.7 Å². The van der Waals surface area contributed by atoms with Crippen molar-refractivity contribution in [1.82, 2.24) is 14.3 Å². The van der Waals surface area contributed by atoms with Gasteiger partial charge in [-0.15, -0.1) is 0 Å². The van der Waals surface area contributed by atoms with E-state index in [1.807, 2.05) is 0 Å². The summed E-state index contributed by atoms with van der Waals surface area (Å²) in [6, 6.07) is 2.39. The van der Waals surface area contributed by atoms with Crippen molar-refractivity contribution in [2.45, 2.75) is 11.4 Å². The predicted octanol–water partition coefficient (Wildman–Crippen LogP) is 1.28. The second-order valence-electron chi connectivity index (χ2n) is 4.17. The molecule has 0 saturated carbocycles. The topological polar surface area (TPSA) is 109 Å². The number of nitro groups is 1. The molecule has 2 rings (SSSR count). The minimum atomic E-state index is -4.11. The summed E-state index contributed by atoms with van der Waals surface area (Å²) in [7, 11) is -2.85. The lowest BCUT2D eigenvalue weighted by molar-refractivity contribution is -0.385. The summed E-state index contributed by atoms with van der Waals surface area (Å²) in [5.41, 5.74) is -0.514. The molecular weight excluding hydrogens is 303 g/mol. The number of imidazole rings is 1. The van der Waals surface area contributed by atoms with Gasteiger partial charge in [0.2, 0.25) is 10.0 Å². The Balaban J connectivity index is 2.33. The number of hydrogen-bond acceptors (Lipinski definition) is 5. The van der Waals surface area contributed by atoms with E-state index in [0.29, 0.717) is 11.9 Å². The highest BCUT2D eigenvalue weighted by Gasteiger charge is 2.26. The van der Waals surface area contributed by atoms with E-state index >= 15 is 0 Å². The SMILES string of the molecule is CN(Cc1ncc[nH]1)S(=O)(=O)c1ccc([N+](=O)[O-])cc1F. The molecule has 1 aromatic carbocycles. The summed E-state index contributed by atoms with van der Waals surface area (Å²) in [6.45, 7) is -0.0776. The van der Waals surface area contributed by atoms with E-state index in [0.717, 1.165) is 16.4 Å². The first-order valence-electron chi connectivity index (χ1n) is 5.71. The molecule has 21 heavy (non-hydrogen) atoms. The third-order valence-corrected chi connectivity index (χ3v) is 4.58. The summed E-state index contributed by atoms with van der Waals surface area (Å²) in [5.74, 6) is -0.779. The van der Waals surface area contributed by atoms with Gasteiger partial charge in [0.1, 0.15) is 16.5 Å². The fourth-order valence-electron chi connectivity index (χ4n) is 1.66. The van der Waals surface area contributed by atoms with Gasteiger partial charge in [-0.2, -0.15) is 4.31 Å². The maximum atomic E-state index is 13.8. The van der Waals surface area contributed by atoms with Crippen molar-refractivity contribution in [1.29, 1.82) is 0 Å². The Morgan fingerprint density at radius 1 is 1.48 bits per heavy atom. The number of hydrogen-bond donors (Lipinski definition) is 1. The largest absolute Gasteiger partial charge is 0.347 e. The molecule has 0 saturated heterocycles. The van der Waals surface area contributed by atoms with Gasteiger partial charge in [-0.05, 0) is 6.07 Å². The molecule has 0 unspecified atom stereocenters. The molecule has 1 N–H and O–H groups in total. The molecule has 8 nitrogen and oxygen atoms in total. The van der Waals surface area contributed by atoms with Crippen LogP contribution in [-0.4, -0.2) is 34.7 Å². The zero-order valence-electron chi connectivity index (χ0n) is 10.9. The average Bonchev–Trinajstić information content (AvgIpc) is 2.90. The lowest BCUT2D eigenvalue weighted by atomic mass is 10.3. The van der Waals surface area contributed by atoms with Crippen LogP contribution in [0.1, 0.15) is 5.82 Å². The summed E-state index contributed by atoms with van der Waals surface area (Å²) < 4.78 is 39.2. The van der Waals surface area contributed by atoms with Crippen LogP contribution in [0.15, 0.2) is 35.5 Å². The summed E-state index contributed by atoms with van der Waals surface area (Å²) in [6.07, 6.45) is 2.99. The molecule has 1 aromatic heterocycles. The van der Waals surface area contributed by atoms with E-state index in [1.54, 1.807) is 0 Å². The number of non-ortho nitro benzene ring substituents is 1. The van der Waals surface area contributed by atoms with Gasteiger partial charge in [-0.1, -0.05) is 0 Å². The average molecular weight is 314 g/mol. The third-order valence-electron chi connectivity index (χ3n) is 2.74. The maximum absolute atomic E-state index is 13.8. The molecule has 0 atom stereocenters. The first kappa shape index (κ1) is 15.1. The van der Waals surface area contributed by atoms with Gasteiger partial charge >= 0.3 is 0 Å². The van der Waals surface area contributed by atoms with Crippen LogP contribution in [0.5, 0.6) is 0 Å². The van der Waals surface area contributed by atoms with Gasteiger partial charge in [0.15, 0.2) is 0 Å². The Morgan fingerprint density at radius 3 is 2.71 bits per heavy atom. The van der Waals surface area contributed by atoms with Crippen LogP contribution < -0.4 is 0 Å². The molecule has 0 bridgehead atoms. The minimum Gasteiger partial charge on any atom is -0.347 e. The second-order valence-corrected chi connectivity index (χ2v) is 6.18. The van der Waals surface area contributed by atoms with Gasteiger partial charge in [-0.3, -0.25) is 10.1 Å². The van der Waals surface area contributed by atoms with E-state index in [2.05, 4.69) is 9.97 Å². The molecule has 0 spiro atoms. The first-order valence-corrected chi connectivity index (χ1v) is 7.15. The third kappa shape index (κ3) is 3.06. The molecule has 1 heterocycles. The van der Waals surface area contributed by atoms with Crippen LogP contribution in [0.2, 0.25) is 0 Å². The first-order chi connectivity index (χ1) is 9.82. The Morgan fingerprint density at radius 2 is 2.19 bits per heavy atom. The monoisotopic (exact) mass is 314 g/mol. The molecule has 112 valence electrons. The van der Waals surface area contributed by atoms with Crippen LogP contribution in [0.3, 0.4) is 0 Å². The van der Waals surface area contributed by atoms with Crippen LogP contribution in [0, 0.1) is 15.9 Å². The van der Waals surface area contributed by atoms with Crippen molar-refractivity contribution in [2.24, 2.45) is 0 Å². The molecule has 0 aliphatic rings. The Kier molecular flexibility index (Phi) is 4.00. The van der Waals surface area contributed by atoms with Crippen LogP contribution >= 0.6 is 0 Å². The van der Waals surface area contributed by atoms with Crippen molar-refractivity contribution in [3.63, 3.8) is 0 Å². The van der Waals surface area contributed by atoms with Crippen molar-refractivity contribution >= 4 is 15.7 Å². The van der Waals surface area contributed by atoms with Crippen molar-refractivity contribution in [2.75, 3.05) is 7.05 Å².